The van der Waals surface area contributed by atoms with E-state index in [9.17, 15) is 9.59 Å². The fraction of sp³-hybridized carbons (Fsp3) is 0.818. The third-order valence-electron chi connectivity index (χ3n) is 1.98. The van der Waals surface area contributed by atoms with Gasteiger partial charge in [0.2, 0.25) is 11.8 Å². The Morgan fingerprint density at radius 1 is 1.12 bits per heavy atom. The van der Waals surface area contributed by atoms with Crippen molar-refractivity contribution in [3.8, 4) is 0 Å². The summed E-state index contributed by atoms with van der Waals surface area (Å²) < 4.78 is 4.78. The molecular formula is C11H23N3O3. The Kier molecular flexibility index (Phi) is 9.37. The maximum Gasteiger partial charge on any atom is 0.239 e. The summed E-state index contributed by atoms with van der Waals surface area (Å²) in [7, 11) is 1.57. The van der Waals surface area contributed by atoms with Crippen LogP contribution in [0.3, 0.4) is 0 Å². The van der Waals surface area contributed by atoms with E-state index in [0.29, 0.717) is 32.2 Å². The van der Waals surface area contributed by atoms with Crippen LogP contribution in [0.5, 0.6) is 0 Å². The highest BCUT2D eigenvalue weighted by Gasteiger charge is 2.04. The molecule has 3 N–H and O–H groups in total. The average Bonchev–Trinajstić information content (AvgIpc) is 2.26. The monoisotopic (exact) mass is 245 g/mol. The minimum Gasteiger partial charge on any atom is -0.383 e. The van der Waals surface area contributed by atoms with Crippen molar-refractivity contribution in [2.75, 3.05) is 33.4 Å². The number of hydrogen-bond donors (Lipinski definition) is 3. The standard InChI is InChI=1S/C11H23N3O3/c1-9(2)12-5-4-10(15)14-8-11(16)13-6-7-17-3/h9,12H,4-8H2,1-3H3,(H,13,16)(H,14,15). The van der Waals surface area contributed by atoms with Crippen molar-refractivity contribution >= 4 is 11.8 Å². The molecule has 0 aliphatic heterocycles. The van der Waals surface area contributed by atoms with Crippen LogP contribution >= 0.6 is 0 Å². The molecule has 0 spiro atoms. The van der Waals surface area contributed by atoms with E-state index >= 15 is 0 Å². The molecule has 17 heavy (non-hydrogen) atoms. The Labute approximate surface area is 102 Å². The van der Waals surface area contributed by atoms with Crippen molar-refractivity contribution < 1.29 is 14.3 Å². The predicted octanol–water partition coefficient (Wildman–Crippen LogP) is -0.747. The maximum absolute atomic E-state index is 11.3. The Balaban J connectivity index is 3.45. The van der Waals surface area contributed by atoms with Gasteiger partial charge in [0.05, 0.1) is 13.2 Å². The molecule has 0 radical (unpaired) electrons. The summed E-state index contributed by atoms with van der Waals surface area (Å²) in [4.78, 5) is 22.5. The SMILES string of the molecule is COCCNC(=O)CNC(=O)CCNC(C)C. The van der Waals surface area contributed by atoms with E-state index in [2.05, 4.69) is 16.0 Å². The normalized spacial score (nSPS) is 10.4. The number of methoxy groups -OCH3 is 1. The molecule has 0 aliphatic carbocycles. The zero-order valence-corrected chi connectivity index (χ0v) is 10.8. The Hall–Kier alpha value is -1.14. The van der Waals surface area contributed by atoms with Crippen molar-refractivity contribution in [1.82, 2.24) is 16.0 Å². The first kappa shape index (κ1) is 15.9. The van der Waals surface area contributed by atoms with Gasteiger partial charge in [-0.1, -0.05) is 13.8 Å². The number of hydrogen-bond acceptors (Lipinski definition) is 4. The number of carbonyl (C=O) groups excluding carboxylic acids is 2. The first-order valence-electron chi connectivity index (χ1n) is 5.82. The van der Waals surface area contributed by atoms with Gasteiger partial charge in [0.1, 0.15) is 0 Å². The van der Waals surface area contributed by atoms with Gasteiger partial charge in [-0.15, -0.1) is 0 Å². The van der Waals surface area contributed by atoms with E-state index in [1.807, 2.05) is 13.8 Å². The van der Waals surface area contributed by atoms with E-state index in [1.54, 1.807) is 7.11 Å². The molecule has 0 aromatic carbocycles. The van der Waals surface area contributed by atoms with Gasteiger partial charge in [-0.25, -0.2) is 0 Å². The van der Waals surface area contributed by atoms with Crippen LogP contribution in [-0.2, 0) is 14.3 Å². The van der Waals surface area contributed by atoms with Gasteiger partial charge in [-0.05, 0) is 0 Å². The van der Waals surface area contributed by atoms with Crippen LogP contribution in [-0.4, -0.2) is 51.2 Å². The second-order valence-electron chi connectivity index (χ2n) is 3.98. The molecule has 0 atom stereocenters. The molecule has 0 saturated heterocycles. The van der Waals surface area contributed by atoms with Gasteiger partial charge in [0.25, 0.3) is 0 Å². The highest BCUT2D eigenvalue weighted by atomic mass is 16.5. The van der Waals surface area contributed by atoms with Gasteiger partial charge in [0, 0.05) is 32.7 Å². The second-order valence-corrected chi connectivity index (χ2v) is 3.98. The molecule has 0 heterocycles. The molecule has 0 bridgehead atoms. The summed E-state index contributed by atoms with van der Waals surface area (Å²) in [6, 6.07) is 0.361. The summed E-state index contributed by atoms with van der Waals surface area (Å²) in [6.45, 7) is 5.60. The van der Waals surface area contributed by atoms with Gasteiger partial charge in [0.15, 0.2) is 0 Å². The molecule has 6 heteroatoms. The van der Waals surface area contributed by atoms with E-state index in [-0.39, 0.29) is 18.4 Å². The zero-order chi connectivity index (χ0) is 13.1. The molecular weight excluding hydrogens is 222 g/mol. The van der Waals surface area contributed by atoms with Crippen molar-refractivity contribution in [3.63, 3.8) is 0 Å². The van der Waals surface area contributed by atoms with Crippen LogP contribution in [0.1, 0.15) is 20.3 Å². The van der Waals surface area contributed by atoms with Gasteiger partial charge in [-0.2, -0.15) is 0 Å². The van der Waals surface area contributed by atoms with E-state index in [1.165, 1.54) is 0 Å². The fourth-order valence-corrected chi connectivity index (χ4v) is 1.10. The summed E-state index contributed by atoms with van der Waals surface area (Å²) in [6.07, 6.45) is 0.379. The van der Waals surface area contributed by atoms with Crippen LogP contribution in [0.15, 0.2) is 0 Å². The van der Waals surface area contributed by atoms with Crippen LogP contribution in [0.4, 0.5) is 0 Å². The molecule has 0 fully saturated rings. The maximum atomic E-state index is 11.3. The van der Waals surface area contributed by atoms with Crippen molar-refractivity contribution in [2.24, 2.45) is 0 Å². The van der Waals surface area contributed by atoms with E-state index in [4.69, 9.17) is 4.74 Å². The molecule has 0 unspecified atom stereocenters. The number of nitrogens with one attached hydrogen (secondary N) is 3. The van der Waals surface area contributed by atoms with Crippen LogP contribution in [0.2, 0.25) is 0 Å². The van der Waals surface area contributed by atoms with Crippen molar-refractivity contribution in [2.45, 2.75) is 26.3 Å². The van der Waals surface area contributed by atoms with E-state index in [0.717, 1.165) is 0 Å². The molecule has 100 valence electrons. The highest BCUT2D eigenvalue weighted by Crippen LogP contribution is 1.81. The molecule has 0 rings (SSSR count). The fourth-order valence-electron chi connectivity index (χ4n) is 1.10. The van der Waals surface area contributed by atoms with Gasteiger partial charge < -0.3 is 20.7 Å². The van der Waals surface area contributed by atoms with Gasteiger partial charge in [-0.3, -0.25) is 9.59 Å². The van der Waals surface area contributed by atoms with Crippen molar-refractivity contribution in [3.05, 3.63) is 0 Å². The Morgan fingerprint density at radius 2 is 1.82 bits per heavy atom. The predicted molar refractivity (Wildman–Crippen MR) is 65.7 cm³/mol. The summed E-state index contributed by atoms with van der Waals surface area (Å²) in [5, 5.41) is 8.30. The van der Waals surface area contributed by atoms with E-state index < -0.39 is 0 Å². The lowest BCUT2D eigenvalue weighted by molar-refractivity contribution is -0.126. The first-order chi connectivity index (χ1) is 8.06. The molecule has 0 aromatic rings. The second kappa shape index (κ2) is 10.0. The minimum atomic E-state index is -0.202. The summed E-state index contributed by atoms with van der Waals surface area (Å²) in [5.41, 5.74) is 0. The third kappa shape index (κ3) is 11.1. The van der Waals surface area contributed by atoms with Crippen LogP contribution < -0.4 is 16.0 Å². The topological polar surface area (TPSA) is 79.5 Å². The lowest BCUT2D eigenvalue weighted by Gasteiger charge is -2.08. The lowest BCUT2D eigenvalue weighted by atomic mass is 10.3. The van der Waals surface area contributed by atoms with Crippen molar-refractivity contribution in [1.29, 1.82) is 0 Å². The Bertz CT molecular complexity index is 232. The van der Waals surface area contributed by atoms with Crippen LogP contribution in [0, 0.1) is 0 Å². The smallest absolute Gasteiger partial charge is 0.239 e. The third-order valence-corrected chi connectivity index (χ3v) is 1.98. The molecule has 0 aliphatic rings. The lowest BCUT2D eigenvalue weighted by Crippen LogP contribution is -2.39. The van der Waals surface area contributed by atoms with Gasteiger partial charge >= 0.3 is 0 Å². The largest absolute Gasteiger partial charge is 0.383 e. The Morgan fingerprint density at radius 3 is 2.41 bits per heavy atom. The highest BCUT2D eigenvalue weighted by molar-refractivity contribution is 5.84. The molecule has 0 saturated carbocycles. The minimum absolute atomic E-state index is 0.0181. The number of amides is 2. The number of rotatable bonds is 9. The number of ether oxygens (including phenoxy) is 1. The first-order valence-corrected chi connectivity index (χ1v) is 5.82. The number of carbonyl (C=O) groups is 2. The summed E-state index contributed by atoms with van der Waals surface area (Å²) >= 11 is 0. The molecule has 0 aromatic heterocycles. The summed E-state index contributed by atoms with van der Waals surface area (Å²) in [5.74, 6) is -0.327. The quantitative estimate of drug-likeness (QED) is 0.467. The van der Waals surface area contributed by atoms with Crippen LogP contribution in [0.25, 0.3) is 0 Å². The molecule has 6 nitrogen and oxygen atoms in total. The average molecular weight is 245 g/mol. The molecule has 2 amide bonds. The zero-order valence-electron chi connectivity index (χ0n) is 10.8.